The number of carbonyl (C=O) groups excluding carboxylic acids is 1. The van der Waals surface area contributed by atoms with Crippen molar-refractivity contribution in [2.75, 3.05) is 13.1 Å². The minimum atomic E-state index is -0.00494. The molecule has 0 unspecified atom stereocenters. The molecule has 1 saturated heterocycles. The summed E-state index contributed by atoms with van der Waals surface area (Å²) >= 11 is 0. The predicted octanol–water partition coefficient (Wildman–Crippen LogP) is 3.04. The number of benzene rings is 1. The lowest BCUT2D eigenvalue weighted by molar-refractivity contribution is 0.0909. The van der Waals surface area contributed by atoms with Gasteiger partial charge in [-0.3, -0.25) is 9.69 Å². The van der Waals surface area contributed by atoms with Gasteiger partial charge in [0.25, 0.3) is 5.91 Å². The maximum atomic E-state index is 12.6. The van der Waals surface area contributed by atoms with E-state index >= 15 is 0 Å². The van der Waals surface area contributed by atoms with Crippen LogP contribution in [0.1, 0.15) is 34.5 Å². The van der Waals surface area contributed by atoms with Gasteiger partial charge < -0.3 is 9.72 Å². The number of nitrogens with zero attached hydrogens (tertiary/aromatic N) is 3. The van der Waals surface area contributed by atoms with Crippen LogP contribution in [0.2, 0.25) is 0 Å². The number of piperidine rings is 1. The van der Waals surface area contributed by atoms with Gasteiger partial charge in [-0.05, 0) is 37.5 Å². The van der Waals surface area contributed by atoms with Crippen molar-refractivity contribution in [1.29, 1.82) is 0 Å². The molecule has 0 aliphatic carbocycles. The highest BCUT2D eigenvalue weighted by molar-refractivity contribution is 5.95. The van der Waals surface area contributed by atoms with Crippen LogP contribution in [0.4, 0.5) is 0 Å². The average molecular weight is 348 g/mol. The lowest BCUT2D eigenvalue weighted by Gasteiger charge is -2.32. The van der Waals surface area contributed by atoms with Crippen LogP contribution in [0, 0.1) is 6.92 Å². The minimum absolute atomic E-state index is 0.00494. The number of pyridine rings is 1. The molecular formula is C21H24N4O. The summed E-state index contributed by atoms with van der Waals surface area (Å²) < 4.78 is 1.94. The van der Waals surface area contributed by atoms with Crippen LogP contribution in [-0.4, -0.2) is 39.3 Å². The molecule has 1 aliphatic rings. The molecule has 3 heterocycles. The number of hydrogen-bond acceptors (Lipinski definition) is 3. The fourth-order valence-electron chi connectivity index (χ4n) is 3.60. The molecule has 134 valence electrons. The molecule has 1 aliphatic heterocycles. The van der Waals surface area contributed by atoms with E-state index in [2.05, 4.69) is 39.5 Å². The Morgan fingerprint density at radius 1 is 1.19 bits per heavy atom. The molecule has 3 aromatic rings. The first-order valence-electron chi connectivity index (χ1n) is 9.20. The van der Waals surface area contributed by atoms with E-state index < -0.39 is 0 Å². The Bertz CT molecular complexity index is 895. The lowest BCUT2D eigenvalue weighted by atomic mass is 10.0. The summed E-state index contributed by atoms with van der Waals surface area (Å²) in [5.41, 5.74) is 3.79. The second kappa shape index (κ2) is 7.30. The molecule has 26 heavy (non-hydrogen) atoms. The zero-order valence-electron chi connectivity index (χ0n) is 15.1. The van der Waals surface area contributed by atoms with Gasteiger partial charge in [0.05, 0.1) is 5.69 Å². The van der Waals surface area contributed by atoms with Crippen molar-refractivity contribution in [3.05, 3.63) is 71.7 Å². The Morgan fingerprint density at radius 3 is 2.73 bits per heavy atom. The molecule has 1 amide bonds. The zero-order valence-corrected chi connectivity index (χ0v) is 15.1. The fourth-order valence-corrected chi connectivity index (χ4v) is 3.60. The highest BCUT2D eigenvalue weighted by atomic mass is 16.1. The van der Waals surface area contributed by atoms with Gasteiger partial charge in [0.2, 0.25) is 0 Å². The number of imidazole rings is 1. The third-order valence-electron chi connectivity index (χ3n) is 5.01. The van der Waals surface area contributed by atoms with E-state index in [0.29, 0.717) is 5.56 Å². The number of aryl methyl sites for hydroxylation is 1. The molecule has 0 radical (unpaired) electrons. The number of carbonyl (C=O) groups is 1. The molecule has 0 spiro atoms. The summed E-state index contributed by atoms with van der Waals surface area (Å²) in [6.45, 7) is 4.96. The Labute approximate surface area is 153 Å². The predicted molar refractivity (Wildman–Crippen MR) is 102 cm³/mol. The van der Waals surface area contributed by atoms with Crippen molar-refractivity contribution < 1.29 is 4.79 Å². The number of nitrogens with one attached hydrogen (secondary N) is 1. The SMILES string of the molecule is Cc1cn2ccc(C(=O)NC3CCN(Cc4ccccc4)CC3)cc2n1. The monoisotopic (exact) mass is 348 g/mol. The van der Waals surface area contributed by atoms with Crippen LogP contribution in [0.15, 0.2) is 54.9 Å². The maximum Gasteiger partial charge on any atom is 0.251 e. The molecule has 2 aromatic heterocycles. The van der Waals surface area contributed by atoms with Gasteiger partial charge in [-0.25, -0.2) is 4.98 Å². The summed E-state index contributed by atoms with van der Waals surface area (Å²) in [7, 11) is 0. The Kier molecular flexibility index (Phi) is 4.71. The van der Waals surface area contributed by atoms with Crippen LogP contribution < -0.4 is 5.32 Å². The molecule has 0 atom stereocenters. The number of rotatable bonds is 4. The first-order chi connectivity index (χ1) is 12.7. The molecule has 1 fully saturated rings. The van der Waals surface area contributed by atoms with Crippen molar-refractivity contribution in [2.24, 2.45) is 0 Å². The number of fused-ring (bicyclic) bond motifs is 1. The Hall–Kier alpha value is -2.66. The number of likely N-dealkylation sites (tertiary alicyclic amines) is 1. The van der Waals surface area contributed by atoms with Crippen molar-refractivity contribution in [2.45, 2.75) is 32.4 Å². The van der Waals surface area contributed by atoms with Gasteiger partial charge in [0, 0.05) is 43.6 Å². The summed E-state index contributed by atoms with van der Waals surface area (Å²) in [6.07, 6.45) is 5.83. The lowest BCUT2D eigenvalue weighted by Crippen LogP contribution is -2.44. The molecule has 1 N–H and O–H groups in total. The van der Waals surface area contributed by atoms with Gasteiger partial charge in [-0.1, -0.05) is 30.3 Å². The van der Waals surface area contributed by atoms with Gasteiger partial charge in [0.15, 0.2) is 0 Å². The number of amides is 1. The maximum absolute atomic E-state index is 12.6. The van der Waals surface area contributed by atoms with E-state index in [4.69, 9.17) is 0 Å². The van der Waals surface area contributed by atoms with Gasteiger partial charge >= 0.3 is 0 Å². The first-order valence-corrected chi connectivity index (χ1v) is 9.20. The van der Waals surface area contributed by atoms with Crippen LogP contribution in [0.25, 0.3) is 5.65 Å². The topological polar surface area (TPSA) is 49.6 Å². The molecule has 5 nitrogen and oxygen atoms in total. The average Bonchev–Trinajstić information content (AvgIpc) is 3.03. The van der Waals surface area contributed by atoms with Gasteiger partial charge in [0.1, 0.15) is 5.65 Å². The fraction of sp³-hybridized carbons (Fsp3) is 0.333. The highest BCUT2D eigenvalue weighted by Gasteiger charge is 2.21. The van der Waals surface area contributed by atoms with E-state index in [1.54, 1.807) is 0 Å². The zero-order chi connectivity index (χ0) is 17.9. The summed E-state index contributed by atoms with van der Waals surface area (Å²) in [5.74, 6) is -0.00494. The third kappa shape index (κ3) is 3.78. The second-order valence-electron chi connectivity index (χ2n) is 7.07. The molecule has 0 bridgehead atoms. The van der Waals surface area contributed by atoms with Crippen LogP contribution in [0.3, 0.4) is 0 Å². The largest absolute Gasteiger partial charge is 0.349 e. The standard InChI is InChI=1S/C21H24N4O/c1-16-14-25-12-7-18(13-20(25)22-16)21(26)23-19-8-10-24(11-9-19)15-17-5-3-2-4-6-17/h2-7,12-14,19H,8-11,15H2,1H3,(H,23,26). The second-order valence-corrected chi connectivity index (χ2v) is 7.07. The Morgan fingerprint density at radius 2 is 1.96 bits per heavy atom. The summed E-state index contributed by atoms with van der Waals surface area (Å²) in [4.78, 5) is 19.5. The number of hydrogen-bond donors (Lipinski definition) is 1. The smallest absolute Gasteiger partial charge is 0.251 e. The highest BCUT2D eigenvalue weighted by Crippen LogP contribution is 2.15. The number of aromatic nitrogens is 2. The summed E-state index contributed by atoms with van der Waals surface area (Å²) in [6, 6.07) is 14.5. The third-order valence-corrected chi connectivity index (χ3v) is 5.01. The normalized spacial score (nSPS) is 16.0. The van der Waals surface area contributed by atoms with E-state index in [0.717, 1.165) is 43.8 Å². The minimum Gasteiger partial charge on any atom is -0.349 e. The Balaban J connectivity index is 1.32. The molecular weight excluding hydrogens is 324 g/mol. The first kappa shape index (κ1) is 16.8. The molecule has 5 heteroatoms. The molecule has 4 rings (SSSR count). The van der Waals surface area contributed by atoms with E-state index in [9.17, 15) is 4.79 Å². The molecule has 0 saturated carbocycles. The van der Waals surface area contributed by atoms with Crippen LogP contribution in [-0.2, 0) is 6.54 Å². The van der Waals surface area contributed by atoms with E-state index in [-0.39, 0.29) is 11.9 Å². The van der Waals surface area contributed by atoms with E-state index in [1.807, 2.05) is 41.9 Å². The molecule has 1 aromatic carbocycles. The van der Waals surface area contributed by atoms with Crippen molar-refractivity contribution in [3.63, 3.8) is 0 Å². The summed E-state index contributed by atoms with van der Waals surface area (Å²) in [5, 5.41) is 3.19. The van der Waals surface area contributed by atoms with Gasteiger partial charge in [-0.15, -0.1) is 0 Å². The van der Waals surface area contributed by atoms with E-state index in [1.165, 1.54) is 5.56 Å². The van der Waals surface area contributed by atoms with Crippen LogP contribution in [0.5, 0.6) is 0 Å². The van der Waals surface area contributed by atoms with Crippen molar-refractivity contribution in [1.82, 2.24) is 19.6 Å². The van der Waals surface area contributed by atoms with Crippen molar-refractivity contribution in [3.8, 4) is 0 Å². The van der Waals surface area contributed by atoms with Crippen LogP contribution >= 0.6 is 0 Å². The quantitative estimate of drug-likeness (QED) is 0.788. The van der Waals surface area contributed by atoms with Gasteiger partial charge in [-0.2, -0.15) is 0 Å². The van der Waals surface area contributed by atoms with Crippen molar-refractivity contribution >= 4 is 11.6 Å².